The molecule has 0 aromatic carbocycles. The third-order valence-electron chi connectivity index (χ3n) is 14.6. The Morgan fingerprint density at radius 1 is 0.867 bits per heavy atom. The molecule has 4 saturated carbocycles. The van der Waals surface area contributed by atoms with E-state index >= 15 is 0 Å². The first-order valence-electron chi connectivity index (χ1n) is 17.5. The Hall–Kier alpha value is -0.620. The molecule has 4 aliphatic carbocycles. The van der Waals surface area contributed by atoms with Gasteiger partial charge in [0.1, 0.15) is 24.4 Å². The maximum Gasteiger partial charge on any atom is 0.187 e. The molecule has 0 aromatic rings. The Morgan fingerprint density at radius 2 is 1.53 bits per heavy atom. The third-order valence-corrected chi connectivity index (χ3v) is 14.6. The van der Waals surface area contributed by atoms with Crippen molar-refractivity contribution in [1.29, 1.82) is 0 Å². The van der Waals surface area contributed by atoms with Crippen LogP contribution < -0.4 is 0 Å². The maximum atomic E-state index is 12.3. The molecule has 0 aromatic heterocycles. The highest BCUT2D eigenvalue weighted by atomic mass is 16.7. The zero-order valence-electron chi connectivity index (χ0n) is 28.7. The number of hydrogen-bond acceptors (Lipinski definition) is 9. The van der Waals surface area contributed by atoms with Gasteiger partial charge >= 0.3 is 0 Å². The maximum absolute atomic E-state index is 12.3. The molecule has 45 heavy (non-hydrogen) atoms. The van der Waals surface area contributed by atoms with Crippen molar-refractivity contribution in [3.05, 3.63) is 11.6 Å². The highest BCUT2D eigenvalue weighted by molar-refractivity contribution is 5.21. The lowest BCUT2D eigenvalue weighted by Crippen LogP contribution is -2.68. The molecular weight excluding hydrogens is 576 g/mol. The van der Waals surface area contributed by atoms with Gasteiger partial charge < -0.3 is 45.2 Å². The number of aliphatic hydroxyl groups is 7. The predicted octanol–water partition coefficient (Wildman–Crippen LogP) is 3.30. The van der Waals surface area contributed by atoms with Crippen LogP contribution in [0.2, 0.25) is 0 Å². The number of ether oxygens (including phenoxy) is 2. The SMILES string of the molecule is CC(C)=CCCC(C)(OC1OC(CO)C(O)C(O)C1O)C1CCC2(C)C1C(O)CC1C3(CO)CCC(O)C(C)(C)C3CCC12C. The summed E-state index contributed by atoms with van der Waals surface area (Å²) in [5.74, 6) is 0.0968. The van der Waals surface area contributed by atoms with E-state index < -0.39 is 55.1 Å². The van der Waals surface area contributed by atoms with E-state index in [0.717, 1.165) is 38.5 Å². The van der Waals surface area contributed by atoms with Crippen LogP contribution in [0.25, 0.3) is 0 Å². The van der Waals surface area contributed by atoms with Gasteiger partial charge in [0.25, 0.3) is 0 Å². The second-order valence-corrected chi connectivity index (χ2v) is 17.2. The lowest BCUT2D eigenvalue weighted by molar-refractivity contribution is -0.336. The summed E-state index contributed by atoms with van der Waals surface area (Å²) < 4.78 is 12.6. The molecule has 260 valence electrons. The van der Waals surface area contributed by atoms with Crippen LogP contribution in [-0.4, -0.2) is 97.5 Å². The Labute approximate surface area is 270 Å². The van der Waals surface area contributed by atoms with Crippen molar-refractivity contribution in [2.75, 3.05) is 13.2 Å². The smallest absolute Gasteiger partial charge is 0.187 e. The minimum atomic E-state index is -1.53. The summed E-state index contributed by atoms with van der Waals surface area (Å²) in [6.07, 6.45) is 1.24. The molecule has 0 spiro atoms. The molecule has 0 bridgehead atoms. The van der Waals surface area contributed by atoms with Crippen LogP contribution in [-0.2, 0) is 9.47 Å². The highest BCUT2D eigenvalue weighted by Gasteiger charge is 2.72. The summed E-state index contributed by atoms with van der Waals surface area (Å²) >= 11 is 0. The molecule has 5 aliphatic rings. The molecule has 9 heteroatoms. The van der Waals surface area contributed by atoms with Crippen LogP contribution in [0.3, 0.4) is 0 Å². The van der Waals surface area contributed by atoms with Crippen LogP contribution in [0.4, 0.5) is 0 Å². The molecule has 5 rings (SSSR count). The van der Waals surface area contributed by atoms with Crippen LogP contribution in [0.15, 0.2) is 11.6 Å². The van der Waals surface area contributed by atoms with Crippen LogP contribution in [0.5, 0.6) is 0 Å². The van der Waals surface area contributed by atoms with Crippen molar-refractivity contribution >= 4 is 0 Å². The number of hydrogen-bond donors (Lipinski definition) is 7. The average molecular weight is 639 g/mol. The summed E-state index contributed by atoms with van der Waals surface area (Å²) in [7, 11) is 0. The Kier molecular flexibility index (Phi) is 9.80. The number of rotatable bonds is 8. The van der Waals surface area contributed by atoms with Gasteiger partial charge in [-0.1, -0.05) is 39.3 Å². The van der Waals surface area contributed by atoms with Gasteiger partial charge in [0.2, 0.25) is 0 Å². The molecule has 1 saturated heterocycles. The van der Waals surface area contributed by atoms with Gasteiger partial charge in [0.15, 0.2) is 6.29 Å². The Bertz CT molecular complexity index is 1090. The van der Waals surface area contributed by atoms with Crippen molar-refractivity contribution in [2.24, 2.45) is 45.3 Å². The van der Waals surface area contributed by atoms with Crippen molar-refractivity contribution in [3.8, 4) is 0 Å². The van der Waals surface area contributed by atoms with E-state index in [-0.39, 0.29) is 51.9 Å². The first-order chi connectivity index (χ1) is 20.9. The van der Waals surface area contributed by atoms with Gasteiger partial charge in [-0.15, -0.1) is 0 Å². The van der Waals surface area contributed by atoms with Gasteiger partial charge in [-0.3, -0.25) is 0 Å². The van der Waals surface area contributed by atoms with Crippen molar-refractivity contribution < 1.29 is 45.2 Å². The van der Waals surface area contributed by atoms with Gasteiger partial charge in [-0.25, -0.2) is 0 Å². The second kappa shape index (κ2) is 12.4. The molecule has 1 aliphatic heterocycles. The minimum absolute atomic E-state index is 0.0611. The first kappa shape index (κ1) is 35.7. The Balaban J connectivity index is 1.50. The molecule has 15 unspecified atom stereocenters. The highest BCUT2D eigenvalue weighted by Crippen LogP contribution is 2.76. The molecule has 0 radical (unpaired) electrons. The fourth-order valence-corrected chi connectivity index (χ4v) is 11.8. The standard InChI is InChI=1S/C36H62O9/c1-20(2)9-8-13-35(7,45-31-30(43)29(42)28(41)23(18-37)44-31)21-10-14-34(6)27(21)22(39)17-25-33(34,5)15-11-24-32(3,4)26(40)12-16-36(24,25)19-38/h9,21-31,37-43H,8,10-19H2,1-7H3. The van der Waals surface area contributed by atoms with Gasteiger partial charge in [0.05, 0.1) is 24.4 Å². The first-order valence-corrected chi connectivity index (χ1v) is 17.5. The second-order valence-electron chi connectivity index (χ2n) is 17.2. The lowest BCUT2D eigenvalue weighted by atomic mass is 9.34. The molecule has 7 N–H and O–H groups in total. The number of aliphatic hydroxyl groups excluding tert-OH is 7. The van der Waals surface area contributed by atoms with Crippen LogP contribution in [0, 0.1) is 45.3 Å². The van der Waals surface area contributed by atoms with Crippen molar-refractivity contribution in [2.45, 2.75) is 155 Å². The molecule has 15 atom stereocenters. The molecule has 5 fully saturated rings. The molecule has 0 amide bonds. The monoisotopic (exact) mass is 638 g/mol. The number of allylic oxidation sites excluding steroid dienone is 2. The fraction of sp³-hybridized carbons (Fsp3) is 0.944. The quantitative estimate of drug-likeness (QED) is 0.198. The molecular formula is C36H62O9. The van der Waals surface area contributed by atoms with E-state index in [1.54, 1.807) is 0 Å². The number of fused-ring (bicyclic) bond motifs is 5. The average Bonchev–Trinajstić information content (AvgIpc) is 3.36. The molecule has 1 heterocycles. The van der Waals surface area contributed by atoms with Crippen molar-refractivity contribution in [1.82, 2.24) is 0 Å². The van der Waals surface area contributed by atoms with E-state index in [2.05, 4.69) is 33.8 Å². The summed E-state index contributed by atoms with van der Waals surface area (Å²) in [6, 6.07) is 0. The zero-order chi connectivity index (χ0) is 33.3. The summed E-state index contributed by atoms with van der Waals surface area (Å²) in [5.41, 5.74) is -0.735. The van der Waals surface area contributed by atoms with Gasteiger partial charge in [-0.2, -0.15) is 0 Å². The summed E-state index contributed by atoms with van der Waals surface area (Å²) in [6.45, 7) is 14.7. The summed E-state index contributed by atoms with van der Waals surface area (Å²) in [5, 5.41) is 76.2. The van der Waals surface area contributed by atoms with E-state index in [0.29, 0.717) is 19.3 Å². The minimum Gasteiger partial charge on any atom is -0.396 e. The largest absolute Gasteiger partial charge is 0.396 e. The van der Waals surface area contributed by atoms with E-state index in [1.807, 2.05) is 20.8 Å². The summed E-state index contributed by atoms with van der Waals surface area (Å²) in [4.78, 5) is 0. The van der Waals surface area contributed by atoms with E-state index in [4.69, 9.17) is 9.47 Å². The lowest BCUT2D eigenvalue weighted by Gasteiger charge is -2.71. The van der Waals surface area contributed by atoms with Gasteiger partial charge in [-0.05, 0) is 118 Å². The van der Waals surface area contributed by atoms with Crippen LogP contribution in [0.1, 0.15) is 106 Å². The molecule has 9 nitrogen and oxygen atoms in total. The third kappa shape index (κ3) is 5.39. The van der Waals surface area contributed by atoms with E-state index in [9.17, 15) is 35.7 Å². The Morgan fingerprint density at radius 3 is 2.16 bits per heavy atom. The van der Waals surface area contributed by atoms with Gasteiger partial charge in [0, 0.05) is 12.0 Å². The predicted molar refractivity (Wildman–Crippen MR) is 170 cm³/mol. The topological polar surface area (TPSA) is 160 Å². The normalized spacial score (nSPS) is 50.6. The fourth-order valence-electron chi connectivity index (χ4n) is 11.8. The van der Waals surface area contributed by atoms with Crippen LogP contribution >= 0.6 is 0 Å². The van der Waals surface area contributed by atoms with Crippen molar-refractivity contribution in [3.63, 3.8) is 0 Å². The van der Waals surface area contributed by atoms with E-state index in [1.165, 1.54) is 5.57 Å². The zero-order valence-corrected chi connectivity index (χ0v) is 28.7.